The van der Waals surface area contributed by atoms with Crippen LogP contribution in [0.5, 0.6) is 0 Å². The van der Waals surface area contributed by atoms with Gasteiger partial charge in [0.25, 0.3) is 0 Å². The van der Waals surface area contributed by atoms with Gasteiger partial charge in [0.15, 0.2) is 0 Å². The molecule has 1 N–H and O–H groups in total. The fourth-order valence-electron chi connectivity index (χ4n) is 2.34. The lowest BCUT2D eigenvalue weighted by Gasteiger charge is -2.24. The summed E-state index contributed by atoms with van der Waals surface area (Å²) >= 11 is 7.28. The number of likely N-dealkylation sites (N-methyl/N-ethyl adjacent to an activating group) is 1. The molecule has 0 spiro atoms. The van der Waals surface area contributed by atoms with Crippen molar-refractivity contribution in [2.45, 2.75) is 18.7 Å². The van der Waals surface area contributed by atoms with Crippen LogP contribution in [0, 0.1) is 12.7 Å². The predicted molar refractivity (Wildman–Crippen MR) is 97.5 cm³/mol. The molecular weight excluding hydrogens is 371 g/mol. The number of nitrogens with zero attached hydrogens (tertiary/aromatic N) is 1. The Morgan fingerprint density at radius 1 is 1.33 bits per heavy atom. The number of hydrogen-bond donors (Lipinski definition) is 1. The van der Waals surface area contributed by atoms with E-state index in [1.54, 1.807) is 11.3 Å². The zero-order valence-corrected chi connectivity index (χ0v) is 16.1. The van der Waals surface area contributed by atoms with Crippen molar-refractivity contribution in [3.8, 4) is 0 Å². The Morgan fingerprint density at radius 3 is 2.58 bits per heavy atom. The summed E-state index contributed by atoms with van der Waals surface area (Å²) in [7, 11) is 0.142. The van der Waals surface area contributed by atoms with E-state index in [0.29, 0.717) is 0 Å². The molecule has 0 aliphatic rings. The van der Waals surface area contributed by atoms with Gasteiger partial charge in [-0.25, -0.2) is 17.5 Å². The van der Waals surface area contributed by atoms with Crippen LogP contribution in [0.15, 0.2) is 29.6 Å². The van der Waals surface area contributed by atoms with E-state index in [2.05, 4.69) is 4.72 Å². The number of benzene rings is 1. The normalized spacial score (nSPS) is 13.4. The van der Waals surface area contributed by atoms with Crippen LogP contribution in [0.4, 0.5) is 4.39 Å². The predicted octanol–water partition coefficient (Wildman–Crippen LogP) is 3.57. The molecule has 0 saturated heterocycles. The van der Waals surface area contributed by atoms with Crippen molar-refractivity contribution in [3.05, 3.63) is 56.5 Å². The third kappa shape index (κ3) is 5.00. The van der Waals surface area contributed by atoms with Gasteiger partial charge in [-0.1, -0.05) is 17.7 Å². The van der Waals surface area contributed by atoms with Gasteiger partial charge in [-0.3, -0.25) is 0 Å². The van der Waals surface area contributed by atoms with E-state index in [4.69, 9.17) is 11.6 Å². The smallest absolute Gasteiger partial charge is 0.215 e. The van der Waals surface area contributed by atoms with Crippen molar-refractivity contribution >= 4 is 33.0 Å². The zero-order chi connectivity index (χ0) is 17.9. The van der Waals surface area contributed by atoms with Crippen molar-refractivity contribution in [1.29, 1.82) is 0 Å². The van der Waals surface area contributed by atoms with E-state index >= 15 is 0 Å². The second-order valence-corrected chi connectivity index (χ2v) is 8.98. The molecule has 0 fully saturated rings. The molecule has 2 rings (SSSR count). The molecule has 24 heavy (non-hydrogen) atoms. The third-order valence-electron chi connectivity index (χ3n) is 3.68. The van der Waals surface area contributed by atoms with E-state index < -0.39 is 21.6 Å². The fourth-order valence-corrected chi connectivity index (χ4v) is 4.78. The summed E-state index contributed by atoms with van der Waals surface area (Å²) in [5, 5.41) is 2.22. The molecule has 0 bridgehead atoms. The largest absolute Gasteiger partial charge is 0.300 e. The van der Waals surface area contributed by atoms with Crippen LogP contribution in [0.2, 0.25) is 5.02 Å². The molecule has 0 aliphatic carbocycles. The quantitative estimate of drug-likeness (QED) is 0.786. The topological polar surface area (TPSA) is 49.4 Å². The summed E-state index contributed by atoms with van der Waals surface area (Å²) < 4.78 is 41.0. The summed E-state index contributed by atoms with van der Waals surface area (Å²) in [6.45, 7) is 2.23. The highest BCUT2D eigenvalue weighted by Crippen LogP contribution is 2.27. The fraction of sp³-hybridized carbons (Fsp3) is 0.375. The highest BCUT2D eigenvalue weighted by molar-refractivity contribution is 7.88. The molecule has 1 aromatic carbocycles. The van der Waals surface area contributed by atoms with Gasteiger partial charge in [-0.05, 0) is 50.2 Å². The number of nitrogens with one attached hydrogen (secondary N) is 1. The Balaban J connectivity index is 2.09. The first-order valence-corrected chi connectivity index (χ1v) is 10.2. The van der Waals surface area contributed by atoms with Gasteiger partial charge in [0, 0.05) is 22.0 Å². The highest BCUT2D eigenvalue weighted by Gasteiger charge is 2.21. The number of halogens is 2. The monoisotopic (exact) mass is 390 g/mol. The number of thiophene rings is 1. The minimum Gasteiger partial charge on any atom is -0.300 e. The number of rotatable bonds is 7. The van der Waals surface area contributed by atoms with E-state index in [0.717, 1.165) is 16.5 Å². The number of hydrogen-bond acceptors (Lipinski definition) is 4. The van der Waals surface area contributed by atoms with Crippen LogP contribution in [0.3, 0.4) is 0 Å². The number of aryl methyl sites for hydroxylation is 1. The van der Waals surface area contributed by atoms with Gasteiger partial charge in [0.05, 0.1) is 11.8 Å². The lowest BCUT2D eigenvalue weighted by atomic mass is 10.1. The average molecular weight is 391 g/mol. The molecule has 0 saturated carbocycles. The second-order valence-electron chi connectivity index (χ2n) is 5.79. The van der Waals surface area contributed by atoms with Gasteiger partial charge in [0.1, 0.15) is 5.82 Å². The van der Waals surface area contributed by atoms with Crippen LogP contribution in [-0.2, 0) is 15.8 Å². The Kier molecular flexibility index (Phi) is 6.39. The Morgan fingerprint density at radius 2 is 2.04 bits per heavy atom. The summed E-state index contributed by atoms with van der Waals surface area (Å²) in [6, 6.07) is 5.92. The second kappa shape index (κ2) is 7.93. The molecule has 132 valence electrons. The van der Waals surface area contributed by atoms with E-state index in [1.807, 2.05) is 37.4 Å². The van der Waals surface area contributed by atoms with Gasteiger partial charge in [0.2, 0.25) is 10.0 Å². The lowest BCUT2D eigenvalue weighted by molar-refractivity contribution is 0.303. The Bertz CT molecular complexity index is 806. The summed E-state index contributed by atoms with van der Waals surface area (Å²) in [5.74, 6) is -1.04. The first-order chi connectivity index (χ1) is 11.2. The maximum Gasteiger partial charge on any atom is 0.215 e. The van der Waals surface area contributed by atoms with Crippen LogP contribution in [-0.4, -0.2) is 34.0 Å². The van der Waals surface area contributed by atoms with Gasteiger partial charge < -0.3 is 4.90 Å². The average Bonchev–Trinajstić information content (AvgIpc) is 2.88. The van der Waals surface area contributed by atoms with Crippen molar-refractivity contribution in [3.63, 3.8) is 0 Å². The van der Waals surface area contributed by atoms with Crippen molar-refractivity contribution < 1.29 is 12.8 Å². The lowest BCUT2D eigenvalue weighted by Crippen LogP contribution is -2.35. The summed E-state index contributed by atoms with van der Waals surface area (Å²) in [5.41, 5.74) is 1.22. The molecule has 1 unspecified atom stereocenters. The van der Waals surface area contributed by atoms with Crippen LogP contribution >= 0.6 is 22.9 Å². The molecule has 0 radical (unpaired) electrons. The van der Waals surface area contributed by atoms with Crippen molar-refractivity contribution in [1.82, 2.24) is 9.62 Å². The molecular formula is C16H20ClFN2O2S2. The third-order valence-corrected chi connectivity index (χ3v) is 6.34. The van der Waals surface area contributed by atoms with E-state index in [9.17, 15) is 12.8 Å². The minimum atomic E-state index is -3.66. The van der Waals surface area contributed by atoms with Gasteiger partial charge >= 0.3 is 0 Å². The first-order valence-electron chi connectivity index (χ1n) is 7.31. The Labute approximate surface area is 151 Å². The maximum absolute atomic E-state index is 13.8. The first kappa shape index (κ1) is 19.3. The van der Waals surface area contributed by atoms with Crippen LogP contribution in [0.25, 0.3) is 0 Å². The minimum absolute atomic E-state index is 0.0742. The molecule has 0 amide bonds. The molecule has 1 aromatic heterocycles. The standard InChI is InChI=1S/C16H20ClFN2O2S2/c1-11-6-7-23-16(11)15(20(2)3)9-19-24(21,22)10-12-4-5-13(17)8-14(12)18/h4-8,15,19H,9-10H2,1-3H3. The van der Waals surface area contributed by atoms with Crippen molar-refractivity contribution in [2.75, 3.05) is 20.6 Å². The number of sulfonamides is 1. The van der Waals surface area contributed by atoms with Crippen molar-refractivity contribution in [2.24, 2.45) is 0 Å². The maximum atomic E-state index is 13.8. The van der Waals surface area contributed by atoms with Crippen LogP contribution in [0.1, 0.15) is 22.0 Å². The molecule has 1 heterocycles. The zero-order valence-electron chi connectivity index (χ0n) is 13.7. The van der Waals surface area contributed by atoms with Crippen LogP contribution < -0.4 is 4.72 Å². The summed E-state index contributed by atoms with van der Waals surface area (Å²) in [6.07, 6.45) is 0. The van der Waals surface area contributed by atoms with E-state index in [-0.39, 0.29) is 23.2 Å². The van der Waals surface area contributed by atoms with Gasteiger partial charge in [-0.2, -0.15) is 0 Å². The SMILES string of the molecule is Cc1ccsc1C(CNS(=O)(=O)Cc1ccc(Cl)cc1F)N(C)C. The highest BCUT2D eigenvalue weighted by atomic mass is 35.5. The molecule has 4 nitrogen and oxygen atoms in total. The van der Waals surface area contributed by atoms with E-state index in [1.165, 1.54) is 12.1 Å². The Hall–Kier alpha value is -0.990. The molecule has 0 aliphatic heterocycles. The summed E-state index contributed by atoms with van der Waals surface area (Å²) in [4.78, 5) is 3.07. The van der Waals surface area contributed by atoms with Gasteiger partial charge in [-0.15, -0.1) is 11.3 Å². The molecule has 2 aromatic rings. The molecule has 1 atom stereocenters. The molecule has 8 heteroatoms.